The Labute approximate surface area is 158 Å². The summed E-state index contributed by atoms with van der Waals surface area (Å²) in [6.07, 6.45) is -2.14. The second-order valence-electron chi connectivity index (χ2n) is 5.52. The van der Waals surface area contributed by atoms with Crippen LogP contribution in [0.1, 0.15) is 33.1 Å². The van der Waals surface area contributed by atoms with Crippen molar-refractivity contribution in [3.8, 4) is 0 Å². The summed E-state index contributed by atoms with van der Waals surface area (Å²) in [6.45, 7) is 2.54. The first kappa shape index (κ1) is 26.6. The van der Waals surface area contributed by atoms with Gasteiger partial charge in [-0.1, -0.05) is 23.3 Å². The van der Waals surface area contributed by atoms with Gasteiger partial charge in [0, 0.05) is 6.42 Å². The Bertz CT molecular complexity index is 781. The molecule has 15 heteroatoms. The third-order valence-electron chi connectivity index (χ3n) is 2.98. The van der Waals surface area contributed by atoms with Crippen molar-refractivity contribution in [3.63, 3.8) is 0 Å². The van der Waals surface area contributed by atoms with Gasteiger partial charge in [0.05, 0.1) is 6.61 Å². The first-order valence-electron chi connectivity index (χ1n) is 7.45. The van der Waals surface area contributed by atoms with E-state index in [0.29, 0.717) is 24.0 Å². The average molecular weight is 450 g/mol. The van der Waals surface area contributed by atoms with Crippen LogP contribution >= 0.6 is 15.6 Å². The van der Waals surface area contributed by atoms with Gasteiger partial charge in [-0.15, -0.1) is 0 Å². The van der Waals surface area contributed by atoms with Crippen molar-refractivity contribution in [2.45, 2.75) is 39.3 Å². The molecule has 0 aliphatic carbocycles. The van der Waals surface area contributed by atoms with Gasteiger partial charge in [0.1, 0.15) is 0 Å². The van der Waals surface area contributed by atoms with Gasteiger partial charge in [0.15, 0.2) is 0 Å². The van der Waals surface area contributed by atoms with E-state index in [1.165, 1.54) is 19.1 Å². The minimum absolute atomic E-state index is 0.314. The quantitative estimate of drug-likeness (QED) is 0.142. The second-order valence-corrected chi connectivity index (χ2v) is 8.35. The van der Waals surface area contributed by atoms with E-state index >= 15 is 0 Å². The molecule has 0 fully saturated rings. The Morgan fingerprint density at radius 3 is 2.18 bits per heavy atom. The van der Waals surface area contributed by atoms with Crippen LogP contribution in [-0.4, -0.2) is 43.7 Å². The molecule has 0 amide bonds. The van der Waals surface area contributed by atoms with E-state index in [-0.39, 0.29) is 0 Å². The number of phosphoric ester groups is 1. The molecule has 0 rings (SSSR count). The van der Waals surface area contributed by atoms with Crippen molar-refractivity contribution in [1.29, 1.82) is 0 Å². The van der Waals surface area contributed by atoms with Crippen LogP contribution in [0.5, 0.6) is 0 Å². The normalized spacial score (nSPS) is 15.7. The van der Waals surface area contributed by atoms with Crippen molar-refractivity contribution in [1.82, 2.24) is 0 Å². The van der Waals surface area contributed by atoms with Gasteiger partial charge < -0.3 is 20.2 Å². The molecular weight excluding hydrogens is 431 g/mol. The molecule has 0 saturated heterocycles. The molecule has 0 aromatic rings. The fourth-order valence-electron chi connectivity index (χ4n) is 1.76. The summed E-state index contributed by atoms with van der Waals surface area (Å²) in [4.78, 5) is 39.4. The minimum Gasteiger partial charge on any atom is -0.361 e. The molecule has 0 saturated carbocycles. The minimum atomic E-state index is -5.20. The summed E-state index contributed by atoms with van der Waals surface area (Å²) in [5, 5.41) is 0. The number of carbonyl (C=O) groups excluding carboxylic acids is 1. The molecule has 0 bridgehead atoms. The number of ketones is 1. The number of Topliss-reactive ketones (excluding diaryl/α,β-unsaturated/α-hetero) is 1. The van der Waals surface area contributed by atoms with E-state index in [2.05, 4.69) is 8.83 Å². The summed E-state index contributed by atoms with van der Waals surface area (Å²) in [6, 6.07) is 0. The van der Waals surface area contributed by atoms with Crippen LogP contribution in [0.25, 0.3) is 5.53 Å². The van der Waals surface area contributed by atoms with Crippen LogP contribution in [0.15, 0.2) is 23.3 Å². The first-order chi connectivity index (χ1) is 12.6. The summed E-state index contributed by atoms with van der Waals surface area (Å²) in [7, 11) is -10.1. The van der Waals surface area contributed by atoms with E-state index < -0.39 is 46.3 Å². The number of alkyl halides is 3. The summed E-state index contributed by atoms with van der Waals surface area (Å²) >= 11 is 0. The van der Waals surface area contributed by atoms with Gasteiger partial charge in [-0.3, -0.25) is 9.32 Å². The Kier molecular flexibility index (Phi) is 10.4. The Morgan fingerprint density at radius 2 is 1.71 bits per heavy atom. The number of rotatable bonds is 11. The molecule has 0 radical (unpaired) electrons. The topological polar surface area (TPSA) is 167 Å². The van der Waals surface area contributed by atoms with Crippen molar-refractivity contribution >= 4 is 27.1 Å². The highest BCUT2D eigenvalue weighted by Crippen LogP contribution is 2.57. The average Bonchev–Trinajstić information content (AvgIpc) is 2.43. The molecule has 1 unspecified atom stereocenters. The van der Waals surface area contributed by atoms with Gasteiger partial charge in [-0.25, -0.2) is 9.13 Å². The zero-order chi connectivity index (χ0) is 22.2. The molecule has 0 spiro atoms. The maximum absolute atomic E-state index is 12.4. The van der Waals surface area contributed by atoms with Gasteiger partial charge in [-0.2, -0.15) is 22.3 Å². The molecule has 10 nitrogen and oxygen atoms in total. The van der Waals surface area contributed by atoms with E-state index in [1.54, 1.807) is 6.92 Å². The molecule has 0 aliphatic heterocycles. The SMILES string of the molecule is C/C(=C\COP(=O)(O)OP(=O)(O)O)CC/C=C(\C)CC(=O)C(=[N+]=[N-])C(F)(F)F. The summed E-state index contributed by atoms with van der Waals surface area (Å²) < 4.78 is 66.9. The first-order valence-corrected chi connectivity index (χ1v) is 10.5. The largest absolute Gasteiger partial charge is 0.498 e. The monoisotopic (exact) mass is 450 g/mol. The molecule has 1 atom stereocenters. The maximum atomic E-state index is 12.4. The van der Waals surface area contributed by atoms with Gasteiger partial charge in [0.2, 0.25) is 0 Å². The van der Waals surface area contributed by atoms with Crippen LogP contribution in [0, 0.1) is 0 Å². The molecule has 3 N–H and O–H groups in total. The molecule has 0 aromatic heterocycles. The zero-order valence-electron chi connectivity index (χ0n) is 14.8. The maximum Gasteiger partial charge on any atom is 0.498 e. The predicted octanol–water partition coefficient (Wildman–Crippen LogP) is 3.08. The van der Waals surface area contributed by atoms with Crippen LogP contribution in [0.2, 0.25) is 0 Å². The van der Waals surface area contributed by atoms with Gasteiger partial charge in [-0.05, 0) is 26.7 Å². The lowest BCUT2D eigenvalue weighted by Crippen LogP contribution is -2.32. The third-order valence-corrected chi connectivity index (χ3v) is 5.13. The number of nitrogens with zero attached hydrogens (tertiary/aromatic N) is 2. The second kappa shape index (κ2) is 10.9. The number of carbonyl (C=O) groups is 1. The number of allylic oxidation sites excluding steroid dienone is 3. The van der Waals surface area contributed by atoms with Crippen molar-refractivity contribution in [2.75, 3.05) is 6.61 Å². The van der Waals surface area contributed by atoms with E-state index in [4.69, 9.17) is 20.2 Å². The molecule has 0 aliphatic rings. The van der Waals surface area contributed by atoms with Crippen molar-refractivity contribution in [2.24, 2.45) is 0 Å². The lowest BCUT2D eigenvalue weighted by Gasteiger charge is -2.11. The zero-order valence-corrected chi connectivity index (χ0v) is 16.6. The van der Waals surface area contributed by atoms with Crippen molar-refractivity contribution in [3.05, 3.63) is 28.8 Å². The number of hydrogen-bond acceptors (Lipinski definition) is 5. The number of hydrogen-bond donors (Lipinski definition) is 3. The van der Waals surface area contributed by atoms with Crippen LogP contribution < -0.4 is 0 Å². The van der Waals surface area contributed by atoms with E-state index in [9.17, 15) is 27.1 Å². The molecule has 160 valence electrons. The van der Waals surface area contributed by atoms with Crippen molar-refractivity contribution < 1.29 is 55.4 Å². The van der Waals surface area contributed by atoms with E-state index in [0.717, 1.165) is 0 Å². The van der Waals surface area contributed by atoms with Crippen LogP contribution in [0.4, 0.5) is 13.2 Å². The lowest BCUT2D eigenvalue weighted by atomic mass is 10.0. The van der Waals surface area contributed by atoms with Crippen LogP contribution in [0.3, 0.4) is 0 Å². The van der Waals surface area contributed by atoms with Crippen LogP contribution in [-0.2, 0) is 22.8 Å². The van der Waals surface area contributed by atoms with Gasteiger partial charge in [0.25, 0.3) is 5.78 Å². The molecule has 0 aromatic carbocycles. The molecule has 28 heavy (non-hydrogen) atoms. The van der Waals surface area contributed by atoms with E-state index in [1.807, 2.05) is 4.79 Å². The number of phosphoric acid groups is 2. The highest BCUT2D eigenvalue weighted by molar-refractivity contribution is 7.60. The highest BCUT2D eigenvalue weighted by atomic mass is 31.3. The highest BCUT2D eigenvalue weighted by Gasteiger charge is 2.49. The fraction of sp³-hybridized carbons (Fsp3) is 0.538. The molecule has 0 heterocycles. The summed E-state index contributed by atoms with van der Waals surface area (Å²) in [5.41, 5.74) is 7.36. The Balaban J connectivity index is 4.56. The smallest absolute Gasteiger partial charge is 0.361 e. The Hall–Kier alpha value is -1.42. The molecular formula is C13H19F3N2O8P2. The standard InChI is InChI=1S/C13H19F3N2O8P2/c1-9(6-7-25-28(23,24)26-27(20,21)22)4-3-5-10(2)8-11(19)12(18-17)13(14,15)16/h5-6H,3-4,7-8H2,1-2H3,(H,23,24)(H2,20,21,22)/b9-6+,10-5+. The fourth-order valence-corrected chi connectivity index (χ4v) is 3.29. The Morgan fingerprint density at radius 1 is 1.14 bits per heavy atom. The summed E-state index contributed by atoms with van der Waals surface area (Å²) in [5.74, 6) is -1.38. The van der Waals surface area contributed by atoms with Gasteiger partial charge >= 0.3 is 27.5 Å². The predicted molar refractivity (Wildman–Crippen MR) is 90.0 cm³/mol. The number of halogens is 3. The third kappa shape index (κ3) is 12.1. The lowest BCUT2D eigenvalue weighted by molar-refractivity contribution is -0.135.